The first kappa shape index (κ1) is 62.5. The molecule has 0 rings (SSSR count). The number of hydrogen-bond donors (Lipinski definition) is 0. The largest absolute Gasteiger partial charge is 0.462 e. The van der Waals surface area contributed by atoms with Crippen LogP contribution in [0.25, 0.3) is 0 Å². The number of rotatable bonds is 46. The lowest BCUT2D eigenvalue weighted by molar-refractivity contribution is -0.167. The van der Waals surface area contributed by atoms with E-state index in [1.165, 1.54) is 70.6 Å². The van der Waals surface area contributed by atoms with Crippen LogP contribution >= 0.6 is 0 Å². The number of unbranched alkanes of at least 4 members (excludes halogenated alkanes) is 13. The highest BCUT2D eigenvalue weighted by molar-refractivity contribution is 5.71. The normalized spacial score (nSPS) is 13.2. The predicted molar refractivity (Wildman–Crippen MR) is 288 cm³/mol. The topological polar surface area (TPSA) is 78.9 Å². The van der Waals surface area contributed by atoms with Crippen LogP contribution in [0, 0.1) is 0 Å². The first-order chi connectivity index (χ1) is 33.0. The van der Waals surface area contributed by atoms with E-state index in [-0.39, 0.29) is 50.4 Å². The Morgan fingerprint density at radius 1 is 0.313 bits per heavy atom. The number of carbonyl (C=O) groups excluding carboxylic acids is 3. The second-order valence-corrected chi connectivity index (χ2v) is 17.0. The van der Waals surface area contributed by atoms with E-state index in [0.29, 0.717) is 19.3 Å². The van der Waals surface area contributed by atoms with Crippen LogP contribution in [-0.4, -0.2) is 37.2 Å². The molecule has 0 heterocycles. The van der Waals surface area contributed by atoms with E-state index in [4.69, 9.17) is 14.2 Å². The molecule has 67 heavy (non-hydrogen) atoms. The van der Waals surface area contributed by atoms with Gasteiger partial charge in [0, 0.05) is 19.3 Å². The monoisotopic (exact) mass is 925 g/mol. The van der Waals surface area contributed by atoms with Gasteiger partial charge in [-0.25, -0.2) is 0 Å². The molecule has 376 valence electrons. The summed E-state index contributed by atoms with van der Waals surface area (Å²) in [5, 5.41) is 0. The van der Waals surface area contributed by atoms with Gasteiger partial charge in [-0.15, -0.1) is 0 Å². The summed E-state index contributed by atoms with van der Waals surface area (Å²) in [6.07, 6.45) is 75.9. The molecular formula is C61H96O6. The van der Waals surface area contributed by atoms with E-state index in [9.17, 15) is 14.4 Å². The Morgan fingerprint density at radius 3 is 0.985 bits per heavy atom. The Morgan fingerprint density at radius 2 is 0.597 bits per heavy atom. The maximum Gasteiger partial charge on any atom is 0.306 e. The summed E-state index contributed by atoms with van der Waals surface area (Å²) in [6, 6.07) is 0. The summed E-state index contributed by atoms with van der Waals surface area (Å²) in [5.74, 6) is -1.10. The molecule has 0 amide bonds. The first-order valence-electron chi connectivity index (χ1n) is 26.7. The van der Waals surface area contributed by atoms with Gasteiger partial charge in [-0.1, -0.05) is 199 Å². The van der Waals surface area contributed by atoms with Crippen LogP contribution < -0.4 is 0 Å². The molecule has 0 spiro atoms. The van der Waals surface area contributed by atoms with Crippen molar-refractivity contribution in [1.29, 1.82) is 0 Å². The van der Waals surface area contributed by atoms with Crippen molar-refractivity contribution in [2.24, 2.45) is 0 Å². The molecule has 0 saturated heterocycles. The number of esters is 3. The van der Waals surface area contributed by atoms with Gasteiger partial charge >= 0.3 is 17.9 Å². The van der Waals surface area contributed by atoms with Gasteiger partial charge in [0.15, 0.2) is 6.10 Å². The Bertz CT molecular complexity index is 1480. The third kappa shape index (κ3) is 52.4. The van der Waals surface area contributed by atoms with Crippen molar-refractivity contribution < 1.29 is 28.6 Å². The summed E-state index contributed by atoms with van der Waals surface area (Å²) < 4.78 is 16.7. The molecule has 0 aromatic heterocycles. The molecule has 6 heteroatoms. The highest BCUT2D eigenvalue weighted by Gasteiger charge is 2.19. The summed E-state index contributed by atoms with van der Waals surface area (Å²) in [4.78, 5) is 38.0. The summed E-state index contributed by atoms with van der Waals surface area (Å²) >= 11 is 0. The Hall–Kier alpha value is -4.45. The van der Waals surface area contributed by atoms with Crippen LogP contribution in [0.2, 0.25) is 0 Å². The third-order valence-corrected chi connectivity index (χ3v) is 10.6. The molecule has 0 radical (unpaired) electrons. The van der Waals surface area contributed by atoms with Gasteiger partial charge in [0.25, 0.3) is 0 Å². The Kier molecular flexibility index (Phi) is 50.6. The lowest BCUT2D eigenvalue weighted by Gasteiger charge is -2.18. The van der Waals surface area contributed by atoms with Gasteiger partial charge in [0.2, 0.25) is 0 Å². The van der Waals surface area contributed by atoms with Crippen molar-refractivity contribution in [3.8, 4) is 0 Å². The lowest BCUT2D eigenvalue weighted by atomic mass is 10.1. The van der Waals surface area contributed by atoms with Crippen molar-refractivity contribution in [2.45, 2.75) is 219 Å². The quantitative estimate of drug-likeness (QED) is 0.0262. The fourth-order valence-electron chi connectivity index (χ4n) is 6.62. The van der Waals surface area contributed by atoms with Crippen molar-refractivity contribution in [1.82, 2.24) is 0 Å². The number of carbonyl (C=O) groups is 3. The fraction of sp³-hybridized carbons (Fsp3) is 0.590. The van der Waals surface area contributed by atoms with E-state index in [0.717, 1.165) is 83.5 Å². The van der Waals surface area contributed by atoms with Gasteiger partial charge in [-0.3, -0.25) is 14.4 Å². The molecule has 0 aromatic rings. The highest BCUT2D eigenvalue weighted by atomic mass is 16.6. The van der Waals surface area contributed by atoms with Crippen LogP contribution in [0.15, 0.2) is 134 Å². The van der Waals surface area contributed by atoms with Crippen molar-refractivity contribution in [2.75, 3.05) is 13.2 Å². The zero-order valence-electron chi connectivity index (χ0n) is 42.9. The average Bonchev–Trinajstić information content (AvgIpc) is 3.33. The van der Waals surface area contributed by atoms with Crippen molar-refractivity contribution in [3.63, 3.8) is 0 Å². The summed E-state index contributed by atoms with van der Waals surface area (Å²) in [7, 11) is 0. The van der Waals surface area contributed by atoms with Crippen molar-refractivity contribution >= 4 is 17.9 Å². The van der Waals surface area contributed by atoms with E-state index < -0.39 is 6.10 Å². The van der Waals surface area contributed by atoms with Gasteiger partial charge < -0.3 is 14.2 Å². The van der Waals surface area contributed by atoms with E-state index >= 15 is 0 Å². The summed E-state index contributed by atoms with van der Waals surface area (Å²) in [6.45, 7) is 6.34. The molecule has 1 atom stereocenters. The number of allylic oxidation sites excluding steroid dienone is 22. The molecule has 0 unspecified atom stereocenters. The van der Waals surface area contributed by atoms with Crippen LogP contribution in [0.3, 0.4) is 0 Å². The lowest BCUT2D eigenvalue weighted by Crippen LogP contribution is -2.30. The molecule has 0 aliphatic heterocycles. The number of hydrogen-bond acceptors (Lipinski definition) is 6. The average molecular weight is 925 g/mol. The molecule has 0 N–H and O–H groups in total. The van der Waals surface area contributed by atoms with Crippen LogP contribution in [-0.2, 0) is 28.6 Å². The first-order valence-corrected chi connectivity index (χ1v) is 26.7. The molecular weight excluding hydrogens is 829 g/mol. The minimum atomic E-state index is -0.846. The number of ether oxygens (including phenoxy) is 3. The smallest absolute Gasteiger partial charge is 0.306 e. The molecule has 0 aliphatic carbocycles. The van der Waals surface area contributed by atoms with Crippen LogP contribution in [0.1, 0.15) is 213 Å². The van der Waals surface area contributed by atoms with E-state index in [2.05, 4.69) is 154 Å². The fourth-order valence-corrected chi connectivity index (χ4v) is 6.62. The summed E-state index contributed by atoms with van der Waals surface area (Å²) in [5.41, 5.74) is 0. The van der Waals surface area contributed by atoms with E-state index in [1.807, 2.05) is 0 Å². The third-order valence-electron chi connectivity index (χ3n) is 10.6. The van der Waals surface area contributed by atoms with Crippen molar-refractivity contribution in [3.05, 3.63) is 134 Å². The van der Waals surface area contributed by atoms with Crippen LogP contribution in [0.4, 0.5) is 0 Å². The molecule has 0 fully saturated rings. The van der Waals surface area contributed by atoms with Crippen LogP contribution in [0.5, 0.6) is 0 Å². The second-order valence-electron chi connectivity index (χ2n) is 17.0. The molecule has 0 aliphatic rings. The standard InChI is InChI=1S/C61H96O6/c1-4-7-10-13-16-19-22-25-28-30-33-35-38-41-44-47-50-53-59(62)65-56-58(67-61(64)55-52-49-46-43-40-37-32-27-24-21-18-15-12-9-6-3)57-66-60(63)54-51-48-45-42-39-36-34-31-29-26-23-20-17-14-11-8-5-2/h7,10,16,18-19,21,25-29,32-36,40-45,58H,4-6,8-9,11-15,17,20,22-24,30-31,37-39,46-57H2,1-3H3/b10-7-,19-16-,21-18-,28-25-,29-26-,32-27-,35-33-,36-34-,43-40-,44-41-,45-42-/t58-/m1/s1. The van der Waals surface area contributed by atoms with Gasteiger partial charge in [-0.05, 0) is 128 Å². The maximum atomic E-state index is 12.8. The molecule has 0 bridgehead atoms. The predicted octanol–water partition coefficient (Wildman–Crippen LogP) is 17.9. The minimum absolute atomic E-state index is 0.142. The van der Waals surface area contributed by atoms with Gasteiger partial charge in [0.1, 0.15) is 13.2 Å². The van der Waals surface area contributed by atoms with Gasteiger partial charge in [-0.2, -0.15) is 0 Å². The maximum absolute atomic E-state index is 12.8. The SMILES string of the molecule is CC/C=C\C/C=C\C/C=C\C/C=C\C/C=C\CCCC(=O)OC[C@H](COC(=O)CCC/C=C\C/C=C\C/C=C\CCCCCCCC)OC(=O)CCCC/C=C\C/C=C\C/C=C\CCCCC. The highest BCUT2D eigenvalue weighted by Crippen LogP contribution is 2.10. The molecule has 0 aromatic carbocycles. The Balaban J connectivity index is 4.64. The zero-order valence-corrected chi connectivity index (χ0v) is 42.9. The van der Waals surface area contributed by atoms with E-state index in [1.54, 1.807) is 0 Å². The zero-order chi connectivity index (χ0) is 48.6. The molecule has 6 nitrogen and oxygen atoms in total. The molecule has 0 saturated carbocycles. The minimum Gasteiger partial charge on any atom is -0.462 e. The second kappa shape index (κ2) is 54.2. The van der Waals surface area contributed by atoms with Gasteiger partial charge in [0.05, 0.1) is 0 Å². The Labute approximate surface area is 411 Å².